The van der Waals surface area contributed by atoms with Gasteiger partial charge in [-0.05, 0) is 19.4 Å². The van der Waals surface area contributed by atoms with Crippen LogP contribution < -0.4 is 5.73 Å². The zero-order chi connectivity index (χ0) is 8.97. The number of amides is 1. The average molecular weight is 172 g/mol. The van der Waals surface area contributed by atoms with Crippen LogP contribution in [0.1, 0.15) is 6.42 Å². The molecule has 1 aliphatic rings. The largest absolute Gasteiger partial charge is 0.381 e. The summed E-state index contributed by atoms with van der Waals surface area (Å²) in [5.74, 6) is 0.311. The number of carbonyl (C=O) groups excluding carboxylic acids is 1. The zero-order valence-electron chi connectivity index (χ0n) is 7.45. The van der Waals surface area contributed by atoms with Gasteiger partial charge in [0.1, 0.15) is 0 Å². The van der Waals surface area contributed by atoms with Crippen molar-refractivity contribution in [2.24, 2.45) is 11.7 Å². The lowest BCUT2D eigenvalue weighted by Gasteiger charge is -2.17. The van der Waals surface area contributed by atoms with Gasteiger partial charge in [-0.15, -0.1) is 0 Å². The molecule has 0 bridgehead atoms. The molecule has 0 spiro atoms. The number of hydrogen-bond acceptors (Lipinski definition) is 3. The SMILES string of the molecule is CN(CC(N)=O)CC1CCOC1. The quantitative estimate of drug-likeness (QED) is 0.618. The van der Waals surface area contributed by atoms with E-state index in [1.54, 1.807) is 0 Å². The number of primary amides is 1. The van der Waals surface area contributed by atoms with Crippen molar-refractivity contribution in [2.75, 3.05) is 33.4 Å². The van der Waals surface area contributed by atoms with Gasteiger partial charge in [-0.3, -0.25) is 9.69 Å². The molecule has 0 aromatic rings. The molecule has 1 saturated heterocycles. The van der Waals surface area contributed by atoms with Gasteiger partial charge in [0.15, 0.2) is 0 Å². The molecule has 0 aromatic carbocycles. The Balaban J connectivity index is 2.16. The smallest absolute Gasteiger partial charge is 0.231 e. The maximum atomic E-state index is 10.5. The predicted molar refractivity (Wildman–Crippen MR) is 45.6 cm³/mol. The standard InChI is InChI=1S/C8H16N2O2/c1-10(5-8(9)11)4-7-2-3-12-6-7/h7H,2-6H2,1H3,(H2,9,11). The molecule has 1 aliphatic heterocycles. The Bertz CT molecular complexity index is 155. The van der Waals surface area contributed by atoms with E-state index in [1.807, 2.05) is 11.9 Å². The second-order valence-corrected chi connectivity index (χ2v) is 3.39. The first-order valence-electron chi connectivity index (χ1n) is 4.23. The molecule has 12 heavy (non-hydrogen) atoms. The minimum atomic E-state index is -0.267. The Kier molecular flexibility index (Phi) is 3.49. The summed E-state index contributed by atoms with van der Waals surface area (Å²) in [5, 5.41) is 0. The number of nitrogens with zero attached hydrogens (tertiary/aromatic N) is 1. The first kappa shape index (κ1) is 9.48. The van der Waals surface area contributed by atoms with E-state index in [0.29, 0.717) is 12.5 Å². The summed E-state index contributed by atoms with van der Waals surface area (Å²) in [6.07, 6.45) is 1.10. The molecule has 4 heteroatoms. The fourth-order valence-electron chi connectivity index (χ4n) is 1.50. The molecule has 1 rings (SSSR count). The van der Waals surface area contributed by atoms with Crippen molar-refractivity contribution < 1.29 is 9.53 Å². The lowest BCUT2D eigenvalue weighted by molar-refractivity contribution is -0.118. The molecule has 1 atom stereocenters. The third-order valence-corrected chi connectivity index (χ3v) is 2.02. The van der Waals surface area contributed by atoms with E-state index in [4.69, 9.17) is 10.5 Å². The lowest BCUT2D eigenvalue weighted by atomic mass is 10.1. The molecule has 2 N–H and O–H groups in total. The molecule has 4 nitrogen and oxygen atoms in total. The predicted octanol–water partition coefficient (Wildman–Crippen LogP) is -0.560. The second-order valence-electron chi connectivity index (χ2n) is 3.39. The Morgan fingerprint density at radius 2 is 2.50 bits per heavy atom. The van der Waals surface area contributed by atoms with Crippen LogP contribution in [0, 0.1) is 5.92 Å². The first-order valence-corrected chi connectivity index (χ1v) is 4.23. The fraction of sp³-hybridized carbons (Fsp3) is 0.875. The van der Waals surface area contributed by atoms with Gasteiger partial charge in [0.25, 0.3) is 0 Å². The van der Waals surface area contributed by atoms with E-state index >= 15 is 0 Å². The van der Waals surface area contributed by atoms with Crippen LogP contribution in [0.4, 0.5) is 0 Å². The Morgan fingerprint density at radius 3 is 3.00 bits per heavy atom. The summed E-state index contributed by atoms with van der Waals surface area (Å²) >= 11 is 0. The van der Waals surface area contributed by atoms with Crippen LogP contribution in [0.3, 0.4) is 0 Å². The highest BCUT2D eigenvalue weighted by Gasteiger charge is 2.17. The van der Waals surface area contributed by atoms with E-state index < -0.39 is 0 Å². The summed E-state index contributed by atoms with van der Waals surface area (Å²) in [6, 6.07) is 0. The number of rotatable bonds is 4. The van der Waals surface area contributed by atoms with Gasteiger partial charge in [-0.1, -0.05) is 0 Å². The fourth-order valence-corrected chi connectivity index (χ4v) is 1.50. The van der Waals surface area contributed by atoms with Crippen LogP contribution in [-0.2, 0) is 9.53 Å². The number of nitrogens with two attached hydrogens (primary N) is 1. The summed E-state index contributed by atoms with van der Waals surface area (Å²) < 4.78 is 5.22. The van der Waals surface area contributed by atoms with Gasteiger partial charge in [-0.2, -0.15) is 0 Å². The van der Waals surface area contributed by atoms with Gasteiger partial charge in [0.05, 0.1) is 13.2 Å². The van der Waals surface area contributed by atoms with E-state index in [-0.39, 0.29) is 5.91 Å². The molecule has 1 unspecified atom stereocenters. The Labute approximate surface area is 72.7 Å². The molecule has 0 aromatic heterocycles. The van der Waals surface area contributed by atoms with Gasteiger partial charge in [0, 0.05) is 13.2 Å². The van der Waals surface area contributed by atoms with Crippen molar-refractivity contribution in [2.45, 2.75) is 6.42 Å². The first-order chi connectivity index (χ1) is 5.68. The topological polar surface area (TPSA) is 55.6 Å². The monoisotopic (exact) mass is 172 g/mol. The minimum absolute atomic E-state index is 0.267. The molecule has 1 amide bonds. The van der Waals surface area contributed by atoms with Crippen molar-refractivity contribution in [3.63, 3.8) is 0 Å². The summed E-state index contributed by atoms with van der Waals surface area (Å²) in [7, 11) is 1.91. The van der Waals surface area contributed by atoms with Gasteiger partial charge >= 0.3 is 0 Å². The van der Waals surface area contributed by atoms with Gasteiger partial charge in [-0.25, -0.2) is 0 Å². The molecule has 70 valence electrons. The minimum Gasteiger partial charge on any atom is -0.381 e. The van der Waals surface area contributed by atoms with Crippen molar-refractivity contribution in [1.82, 2.24) is 4.90 Å². The highest BCUT2D eigenvalue weighted by molar-refractivity contribution is 5.75. The van der Waals surface area contributed by atoms with Crippen molar-refractivity contribution in [3.8, 4) is 0 Å². The van der Waals surface area contributed by atoms with Gasteiger partial charge < -0.3 is 10.5 Å². The number of likely N-dealkylation sites (N-methyl/N-ethyl adjacent to an activating group) is 1. The summed E-state index contributed by atoms with van der Waals surface area (Å²) in [4.78, 5) is 12.5. The Morgan fingerprint density at radius 1 is 1.75 bits per heavy atom. The lowest BCUT2D eigenvalue weighted by Crippen LogP contribution is -2.34. The molecule has 1 fully saturated rings. The number of ether oxygens (including phenoxy) is 1. The maximum absolute atomic E-state index is 10.5. The third kappa shape index (κ3) is 3.19. The summed E-state index contributed by atoms with van der Waals surface area (Å²) in [5.41, 5.74) is 5.06. The van der Waals surface area contributed by atoms with E-state index in [0.717, 1.165) is 26.2 Å². The van der Waals surface area contributed by atoms with Crippen molar-refractivity contribution >= 4 is 5.91 Å². The second kappa shape index (κ2) is 4.42. The molecular formula is C8H16N2O2. The number of carbonyl (C=O) groups is 1. The van der Waals surface area contributed by atoms with Crippen LogP contribution in [0.2, 0.25) is 0 Å². The molecule has 0 radical (unpaired) electrons. The molecule has 0 aliphatic carbocycles. The average Bonchev–Trinajstić information content (AvgIpc) is 2.37. The van der Waals surface area contributed by atoms with Gasteiger partial charge in [0.2, 0.25) is 5.91 Å². The van der Waals surface area contributed by atoms with Crippen molar-refractivity contribution in [3.05, 3.63) is 0 Å². The van der Waals surface area contributed by atoms with Crippen molar-refractivity contribution in [1.29, 1.82) is 0 Å². The van der Waals surface area contributed by atoms with E-state index in [9.17, 15) is 4.79 Å². The van der Waals surface area contributed by atoms with Crippen LogP contribution in [0.25, 0.3) is 0 Å². The van der Waals surface area contributed by atoms with E-state index in [2.05, 4.69) is 0 Å². The Hall–Kier alpha value is -0.610. The molecule has 1 heterocycles. The maximum Gasteiger partial charge on any atom is 0.231 e. The van der Waals surface area contributed by atoms with Crippen LogP contribution in [0.15, 0.2) is 0 Å². The molecular weight excluding hydrogens is 156 g/mol. The van der Waals surface area contributed by atoms with Crippen LogP contribution >= 0.6 is 0 Å². The molecule has 0 saturated carbocycles. The summed E-state index contributed by atoms with van der Waals surface area (Å²) in [6.45, 7) is 2.93. The zero-order valence-corrected chi connectivity index (χ0v) is 7.45. The third-order valence-electron chi connectivity index (χ3n) is 2.02. The highest BCUT2D eigenvalue weighted by atomic mass is 16.5. The highest BCUT2D eigenvalue weighted by Crippen LogP contribution is 2.12. The van der Waals surface area contributed by atoms with Crippen LogP contribution in [-0.4, -0.2) is 44.2 Å². The van der Waals surface area contributed by atoms with Crippen LogP contribution in [0.5, 0.6) is 0 Å². The normalized spacial score (nSPS) is 23.3. The number of hydrogen-bond donors (Lipinski definition) is 1. The van der Waals surface area contributed by atoms with E-state index in [1.165, 1.54) is 0 Å².